The molecule has 0 aliphatic rings. The molecule has 0 radical (unpaired) electrons. The van der Waals surface area contributed by atoms with Crippen molar-refractivity contribution in [2.75, 3.05) is 5.32 Å². The van der Waals surface area contributed by atoms with Crippen molar-refractivity contribution >= 4 is 22.5 Å². The molecule has 1 amide bonds. The van der Waals surface area contributed by atoms with Gasteiger partial charge in [-0.3, -0.25) is 9.78 Å². The molecule has 4 aromatic rings. The van der Waals surface area contributed by atoms with Crippen LogP contribution >= 0.6 is 0 Å². The van der Waals surface area contributed by atoms with Crippen molar-refractivity contribution in [2.24, 2.45) is 0 Å². The molecule has 0 unspecified atom stereocenters. The van der Waals surface area contributed by atoms with Crippen LogP contribution in [0.5, 0.6) is 0 Å². The van der Waals surface area contributed by atoms with Crippen LogP contribution < -0.4 is 5.32 Å². The second kappa shape index (κ2) is 5.96. The minimum atomic E-state index is -0.177. The fourth-order valence-corrected chi connectivity index (χ4v) is 2.63. The number of aromatic nitrogens is 3. The number of nitrogens with zero attached hydrogens (tertiary/aromatic N) is 3. The standard InChI is InChI=1S/C19H14N4O/c24-19(16-6-1-2-7-18(16)23-12-4-11-21-23)22-15-8-9-17-14(13-15)5-3-10-20-17/h1-13H,(H,22,24). The first-order valence-corrected chi connectivity index (χ1v) is 7.56. The lowest BCUT2D eigenvalue weighted by atomic mass is 10.1. The van der Waals surface area contributed by atoms with Gasteiger partial charge in [-0.05, 0) is 42.5 Å². The third-order valence-electron chi connectivity index (χ3n) is 3.76. The molecule has 2 aromatic heterocycles. The molecule has 0 aliphatic carbocycles. The molecule has 5 heteroatoms. The van der Waals surface area contributed by atoms with Gasteiger partial charge in [0.25, 0.3) is 5.91 Å². The zero-order chi connectivity index (χ0) is 16.4. The summed E-state index contributed by atoms with van der Waals surface area (Å²) in [6.07, 6.45) is 5.25. The molecule has 116 valence electrons. The van der Waals surface area contributed by atoms with Gasteiger partial charge in [-0.15, -0.1) is 0 Å². The highest BCUT2D eigenvalue weighted by molar-refractivity contribution is 6.07. The van der Waals surface area contributed by atoms with Crippen LogP contribution in [-0.2, 0) is 0 Å². The molecule has 0 spiro atoms. The average Bonchev–Trinajstić information content (AvgIpc) is 3.16. The molecule has 0 bridgehead atoms. The summed E-state index contributed by atoms with van der Waals surface area (Å²) in [7, 11) is 0. The van der Waals surface area contributed by atoms with Crippen molar-refractivity contribution in [2.45, 2.75) is 0 Å². The number of amides is 1. The maximum Gasteiger partial charge on any atom is 0.257 e. The minimum Gasteiger partial charge on any atom is -0.322 e. The van der Waals surface area contributed by atoms with Gasteiger partial charge in [-0.25, -0.2) is 4.68 Å². The Labute approximate surface area is 138 Å². The molecule has 5 nitrogen and oxygen atoms in total. The first kappa shape index (κ1) is 14.1. The van der Waals surface area contributed by atoms with Crippen LogP contribution in [0.1, 0.15) is 10.4 Å². The topological polar surface area (TPSA) is 59.8 Å². The van der Waals surface area contributed by atoms with E-state index in [4.69, 9.17) is 0 Å². The third kappa shape index (κ3) is 2.63. The normalized spacial score (nSPS) is 10.7. The second-order valence-corrected chi connectivity index (χ2v) is 5.33. The van der Waals surface area contributed by atoms with E-state index in [-0.39, 0.29) is 5.91 Å². The number of rotatable bonds is 3. The number of pyridine rings is 1. The first-order valence-electron chi connectivity index (χ1n) is 7.56. The molecule has 4 rings (SSSR count). The van der Waals surface area contributed by atoms with E-state index >= 15 is 0 Å². The Balaban J connectivity index is 1.67. The summed E-state index contributed by atoms with van der Waals surface area (Å²) >= 11 is 0. The number of anilines is 1. The molecule has 24 heavy (non-hydrogen) atoms. The molecule has 0 aliphatic heterocycles. The Bertz CT molecular complexity index is 1010. The van der Waals surface area contributed by atoms with Gasteiger partial charge in [0, 0.05) is 29.7 Å². The van der Waals surface area contributed by atoms with Crippen molar-refractivity contribution in [3.63, 3.8) is 0 Å². The average molecular weight is 314 g/mol. The number of nitrogens with one attached hydrogen (secondary N) is 1. The fraction of sp³-hybridized carbons (Fsp3) is 0. The van der Waals surface area contributed by atoms with E-state index in [1.54, 1.807) is 23.1 Å². The number of benzene rings is 2. The molecule has 1 N–H and O–H groups in total. The van der Waals surface area contributed by atoms with Gasteiger partial charge < -0.3 is 5.32 Å². The molecular weight excluding hydrogens is 300 g/mol. The van der Waals surface area contributed by atoms with Gasteiger partial charge in [0.2, 0.25) is 0 Å². The summed E-state index contributed by atoms with van der Waals surface area (Å²) in [6.45, 7) is 0. The Morgan fingerprint density at radius 3 is 2.75 bits per heavy atom. The molecule has 2 aromatic carbocycles. The Kier molecular flexibility index (Phi) is 3.51. The van der Waals surface area contributed by atoms with Crippen LogP contribution in [0.25, 0.3) is 16.6 Å². The SMILES string of the molecule is O=C(Nc1ccc2ncccc2c1)c1ccccc1-n1cccn1. The van der Waals surface area contributed by atoms with Gasteiger partial charge in [-0.1, -0.05) is 18.2 Å². The largest absolute Gasteiger partial charge is 0.322 e. The van der Waals surface area contributed by atoms with Crippen LogP contribution in [0, 0.1) is 0 Å². The summed E-state index contributed by atoms with van der Waals surface area (Å²) in [5.41, 5.74) is 2.93. The molecule has 2 heterocycles. The van der Waals surface area contributed by atoms with Crippen LogP contribution in [0.15, 0.2) is 79.3 Å². The van der Waals surface area contributed by atoms with Crippen molar-refractivity contribution in [1.82, 2.24) is 14.8 Å². The van der Waals surface area contributed by atoms with E-state index in [2.05, 4.69) is 15.4 Å². The van der Waals surface area contributed by atoms with E-state index in [0.717, 1.165) is 22.3 Å². The first-order chi connectivity index (χ1) is 11.8. The smallest absolute Gasteiger partial charge is 0.257 e. The lowest BCUT2D eigenvalue weighted by Crippen LogP contribution is -2.15. The van der Waals surface area contributed by atoms with Crippen molar-refractivity contribution in [3.8, 4) is 5.69 Å². The van der Waals surface area contributed by atoms with Crippen molar-refractivity contribution < 1.29 is 4.79 Å². The van der Waals surface area contributed by atoms with Crippen LogP contribution in [0.3, 0.4) is 0 Å². The number of carbonyl (C=O) groups is 1. The Morgan fingerprint density at radius 1 is 0.958 bits per heavy atom. The van der Waals surface area contributed by atoms with Crippen LogP contribution in [-0.4, -0.2) is 20.7 Å². The Morgan fingerprint density at radius 2 is 1.88 bits per heavy atom. The second-order valence-electron chi connectivity index (χ2n) is 5.33. The number of carbonyl (C=O) groups excluding carboxylic acids is 1. The van der Waals surface area contributed by atoms with E-state index in [9.17, 15) is 4.79 Å². The number of para-hydroxylation sites is 1. The lowest BCUT2D eigenvalue weighted by molar-refractivity contribution is 0.102. The number of hydrogen-bond acceptors (Lipinski definition) is 3. The maximum atomic E-state index is 12.7. The van der Waals surface area contributed by atoms with Crippen LogP contribution in [0.4, 0.5) is 5.69 Å². The predicted octanol–water partition coefficient (Wildman–Crippen LogP) is 3.67. The van der Waals surface area contributed by atoms with Gasteiger partial charge in [-0.2, -0.15) is 5.10 Å². The monoisotopic (exact) mass is 314 g/mol. The zero-order valence-corrected chi connectivity index (χ0v) is 12.8. The zero-order valence-electron chi connectivity index (χ0n) is 12.8. The number of fused-ring (bicyclic) bond motifs is 1. The quantitative estimate of drug-likeness (QED) is 0.627. The summed E-state index contributed by atoms with van der Waals surface area (Å²) in [5.74, 6) is -0.177. The molecule has 0 fully saturated rings. The van der Waals surface area contributed by atoms with E-state index < -0.39 is 0 Å². The molecular formula is C19H14N4O. The van der Waals surface area contributed by atoms with Gasteiger partial charge in [0.15, 0.2) is 0 Å². The van der Waals surface area contributed by atoms with Gasteiger partial charge >= 0.3 is 0 Å². The highest BCUT2D eigenvalue weighted by atomic mass is 16.1. The van der Waals surface area contributed by atoms with Gasteiger partial charge in [0.05, 0.1) is 16.8 Å². The van der Waals surface area contributed by atoms with Gasteiger partial charge in [0.1, 0.15) is 0 Å². The lowest BCUT2D eigenvalue weighted by Gasteiger charge is -2.10. The summed E-state index contributed by atoms with van der Waals surface area (Å²) in [5, 5.41) is 8.13. The summed E-state index contributed by atoms with van der Waals surface area (Å²) in [4.78, 5) is 17.0. The molecule has 0 saturated heterocycles. The van der Waals surface area contributed by atoms with Crippen molar-refractivity contribution in [1.29, 1.82) is 0 Å². The summed E-state index contributed by atoms with van der Waals surface area (Å²) in [6, 6.07) is 18.7. The van der Waals surface area contributed by atoms with E-state index in [1.807, 2.05) is 60.8 Å². The highest BCUT2D eigenvalue weighted by Gasteiger charge is 2.13. The minimum absolute atomic E-state index is 0.177. The highest BCUT2D eigenvalue weighted by Crippen LogP contribution is 2.19. The van der Waals surface area contributed by atoms with Crippen molar-refractivity contribution in [3.05, 3.63) is 84.8 Å². The van der Waals surface area contributed by atoms with E-state index in [0.29, 0.717) is 5.56 Å². The third-order valence-corrected chi connectivity index (χ3v) is 3.76. The Hall–Kier alpha value is -3.47. The maximum absolute atomic E-state index is 12.7. The number of hydrogen-bond donors (Lipinski definition) is 1. The van der Waals surface area contributed by atoms with E-state index in [1.165, 1.54) is 0 Å². The molecule has 0 saturated carbocycles. The van der Waals surface area contributed by atoms with Crippen LogP contribution in [0.2, 0.25) is 0 Å². The predicted molar refractivity (Wildman–Crippen MR) is 93.3 cm³/mol. The molecule has 0 atom stereocenters. The summed E-state index contributed by atoms with van der Waals surface area (Å²) < 4.78 is 1.68. The fourth-order valence-electron chi connectivity index (χ4n) is 2.63.